The molecule has 0 saturated heterocycles. The van der Waals surface area contributed by atoms with Crippen molar-refractivity contribution < 1.29 is 9.21 Å². The normalized spacial score (nSPS) is 12.6. The Bertz CT molecular complexity index is 817. The summed E-state index contributed by atoms with van der Waals surface area (Å²) in [5.74, 6) is 0.378. The van der Waals surface area contributed by atoms with Crippen LogP contribution in [0.25, 0.3) is 11.0 Å². The molecule has 0 amide bonds. The van der Waals surface area contributed by atoms with Gasteiger partial charge in [-0.05, 0) is 38.7 Å². The van der Waals surface area contributed by atoms with Gasteiger partial charge in [0.05, 0.1) is 6.54 Å². The number of benzene rings is 2. The summed E-state index contributed by atoms with van der Waals surface area (Å²) in [5.41, 5.74) is 3.23. The molecule has 3 aromatic rings. The monoisotopic (exact) mass is 336 g/mol. The topological polar surface area (TPSA) is 45.5 Å². The molecule has 1 aromatic heterocycles. The minimum absolute atomic E-state index is 0.0300. The second-order valence-corrected chi connectivity index (χ2v) is 6.59. The molecule has 2 aromatic carbocycles. The molecule has 1 heterocycles. The molecular formula is C21H24N2O2. The van der Waals surface area contributed by atoms with Crippen molar-refractivity contribution in [3.05, 3.63) is 71.5 Å². The predicted octanol–water partition coefficient (Wildman–Crippen LogP) is 3.82. The summed E-state index contributed by atoms with van der Waals surface area (Å²) in [6, 6.07) is 18.2. The van der Waals surface area contributed by atoms with Gasteiger partial charge in [-0.15, -0.1) is 0 Å². The summed E-state index contributed by atoms with van der Waals surface area (Å²) >= 11 is 0. The highest BCUT2D eigenvalue weighted by atomic mass is 16.3. The lowest BCUT2D eigenvalue weighted by Crippen LogP contribution is -2.33. The van der Waals surface area contributed by atoms with Crippen molar-refractivity contribution in [3.63, 3.8) is 0 Å². The minimum Gasteiger partial charge on any atom is -0.453 e. The van der Waals surface area contributed by atoms with E-state index in [1.807, 2.05) is 44.4 Å². The molecule has 25 heavy (non-hydrogen) atoms. The Morgan fingerprint density at radius 2 is 1.84 bits per heavy atom. The van der Waals surface area contributed by atoms with Gasteiger partial charge in [0.1, 0.15) is 5.58 Å². The average molecular weight is 336 g/mol. The van der Waals surface area contributed by atoms with Crippen molar-refractivity contribution in [1.82, 2.24) is 10.2 Å². The third-order valence-electron chi connectivity index (χ3n) is 4.41. The van der Waals surface area contributed by atoms with Crippen LogP contribution >= 0.6 is 0 Å². The van der Waals surface area contributed by atoms with Gasteiger partial charge in [-0.1, -0.05) is 48.0 Å². The molecular weight excluding hydrogens is 312 g/mol. The van der Waals surface area contributed by atoms with E-state index in [1.165, 1.54) is 11.1 Å². The van der Waals surface area contributed by atoms with Crippen LogP contribution in [0.1, 0.15) is 27.7 Å². The van der Waals surface area contributed by atoms with Crippen LogP contribution in [-0.4, -0.2) is 37.9 Å². The quantitative estimate of drug-likeness (QED) is 0.666. The lowest BCUT2D eigenvalue weighted by molar-refractivity contribution is 0.0964. The average Bonchev–Trinajstić information content (AvgIpc) is 3.03. The van der Waals surface area contributed by atoms with Crippen molar-refractivity contribution in [2.45, 2.75) is 13.0 Å². The number of Topliss-reactive ketones (excluding diaryl/α,β-unsaturated/α-hetero) is 1. The number of aryl methyl sites for hydroxylation is 1. The molecule has 0 spiro atoms. The summed E-state index contributed by atoms with van der Waals surface area (Å²) in [6.45, 7) is 3.04. The van der Waals surface area contributed by atoms with E-state index in [-0.39, 0.29) is 18.4 Å². The van der Waals surface area contributed by atoms with E-state index >= 15 is 0 Å². The summed E-state index contributed by atoms with van der Waals surface area (Å²) < 4.78 is 5.63. The number of carbonyl (C=O) groups excluding carboxylic acids is 1. The molecule has 1 N–H and O–H groups in total. The molecule has 3 rings (SSSR count). The Morgan fingerprint density at radius 1 is 1.12 bits per heavy atom. The number of rotatable bonds is 7. The zero-order valence-corrected chi connectivity index (χ0v) is 15.0. The maximum absolute atomic E-state index is 12.4. The summed E-state index contributed by atoms with van der Waals surface area (Å²) in [5, 5.41) is 4.23. The lowest BCUT2D eigenvalue weighted by atomic mass is 10.0. The number of nitrogens with zero attached hydrogens (tertiary/aromatic N) is 1. The maximum atomic E-state index is 12.4. The summed E-state index contributed by atoms with van der Waals surface area (Å²) in [6.07, 6.45) is 0. The van der Waals surface area contributed by atoms with Crippen molar-refractivity contribution in [1.29, 1.82) is 0 Å². The molecule has 0 saturated carbocycles. The van der Waals surface area contributed by atoms with Crippen LogP contribution in [0.2, 0.25) is 0 Å². The Balaban J connectivity index is 1.61. The van der Waals surface area contributed by atoms with E-state index < -0.39 is 0 Å². The molecule has 0 aliphatic carbocycles. The zero-order valence-electron chi connectivity index (χ0n) is 15.0. The maximum Gasteiger partial charge on any atom is 0.211 e. The fourth-order valence-electron chi connectivity index (χ4n) is 2.92. The van der Waals surface area contributed by atoms with E-state index in [0.29, 0.717) is 12.3 Å². The fourth-order valence-corrected chi connectivity index (χ4v) is 2.92. The number of carbonyl (C=O) groups is 1. The third kappa shape index (κ3) is 4.16. The molecule has 1 unspecified atom stereocenters. The molecule has 0 radical (unpaired) electrons. The molecule has 0 aliphatic heterocycles. The Kier molecular flexibility index (Phi) is 5.31. The van der Waals surface area contributed by atoms with Gasteiger partial charge in [-0.2, -0.15) is 0 Å². The number of para-hydroxylation sites is 1. The molecule has 0 fully saturated rings. The molecule has 4 nitrogen and oxygen atoms in total. The Morgan fingerprint density at radius 3 is 2.52 bits per heavy atom. The number of hydrogen-bond donors (Lipinski definition) is 1. The third-order valence-corrected chi connectivity index (χ3v) is 4.41. The molecule has 4 heteroatoms. The summed E-state index contributed by atoms with van der Waals surface area (Å²) in [7, 11) is 4.10. The van der Waals surface area contributed by atoms with E-state index in [0.717, 1.165) is 11.0 Å². The highest BCUT2D eigenvalue weighted by molar-refractivity contribution is 5.98. The number of ketones is 1. The largest absolute Gasteiger partial charge is 0.453 e. The minimum atomic E-state index is -0.0300. The van der Waals surface area contributed by atoms with E-state index in [1.54, 1.807) is 0 Å². The first-order valence-corrected chi connectivity index (χ1v) is 8.50. The summed E-state index contributed by atoms with van der Waals surface area (Å²) in [4.78, 5) is 14.5. The zero-order chi connectivity index (χ0) is 17.8. The van der Waals surface area contributed by atoms with Gasteiger partial charge in [0.15, 0.2) is 5.76 Å². The molecule has 0 bridgehead atoms. The highest BCUT2D eigenvalue weighted by Gasteiger charge is 2.16. The number of fused-ring (bicyclic) bond motifs is 1. The fraction of sp³-hybridized carbons (Fsp3) is 0.286. The van der Waals surface area contributed by atoms with Gasteiger partial charge in [0.25, 0.3) is 0 Å². The highest BCUT2D eigenvalue weighted by Crippen LogP contribution is 2.20. The van der Waals surface area contributed by atoms with Crippen LogP contribution in [0.15, 0.2) is 59.0 Å². The van der Waals surface area contributed by atoms with Gasteiger partial charge < -0.3 is 14.6 Å². The number of likely N-dealkylation sites (N-methyl/N-ethyl adjacent to an activating group) is 1. The van der Waals surface area contributed by atoms with Crippen LogP contribution in [-0.2, 0) is 0 Å². The van der Waals surface area contributed by atoms with Crippen LogP contribution in [0.3, 0.4) is 0 Å². The predicted molar refractivity (Wildman–Crippen MR) is 101 cm³/mol. The number of furan rings is 1. The molecule has 1 atom stereocenters. The van der Waals surface area contributed by atoms with Crippen LogP contribution < -0.4 is 5.32 Å². The van der Waals surface area contributed by atoms with Crippen LogP contribution in [0, 0.1) is 6.92 Å². The first-order valence-electron chi connectivity index (χ1n) is 8.50. The Labute approximate surface area is 148 Å². The first-order chi connectivity index (χ1) is 12.0. The van der Waals surface area contributed by atoms with E-state index in [4.69, 9.17) is 4.42 Å². The first kappa shape index (κ1) is 17.4. The van der Waals surface area contributed by atoms with Gasteiger partial charge in [0, 0.05) is 18.0 Å². The standard InChI is InChI=1S/C21H24N2O2/c1-15-8-10-16(11-9-15)18(23(2)3)13-22-14-19(24)21-12-17-6-4-5-7-20(17)25-21/h4-12,18,22H,13-14H2,1-3H3. The van der Waals surface area contributed by atoms with E-state index in [2.05, 4.69) is 41.4 Å². The van der Waals surface area contributed by atoms with Crippen molar-refractivity contribution in [3.8, 4) is 0 Å². The SMILES string of the molecule is Cc1ccc(C(CNCC(=O)c2cc3ccccc3o2)N(C)C)cc1. The lowest BCUT2D eigenvalue weighted by Gasteiger charge is -2.25. The number of hydrogen-bond acceptors (Lipinski definition) is 4. The van der Waals surface area contributed by atoms with Crippen molar-refractivity contribution in [2.75, 3.05) is 27.2 Å². The van der Waals surface area contributed by atoms with Gasteiger partial charge in [-0.3, -0.25) is 4.79 Å². The van der Waals surface area contributed by atoms with Crippen LogP contribution in [0.4, 0.5) is 0 Å². The van der Waals surface area contributed by atoms with Crippen molar-refractivity contribution >= 4 is 16.8 Å². The van der Waals surface area contributed by atoms with Crippen molar-refractivity contribution in [2.24, 2.45) is 0 Å². The second kappa shape index (κ2) is 7.64. The van der Waals surface area contributed by atoms with E-state index in [9.17, 15) is 4.79 Å². The number of nitrogens with one attached hydrogen (secondary N) is 1. The Hall–Kier alpha value is -2.43. The van der Waals surface area contributed by atoms with Gasteiger partial charge in [-0.25, -0.2) is 0 Å². The second-order valence-electron chi connectivity index (χ2n) is 6.59. The van der Waals surface area contributed by atoms with Crippen LogP contribution in [0.5, 0.6) is 0 Å². The molecule has 0 aliphatic rings. The molecule has 130 valence electrons. The van der Waals surface area contributed by atoms with Gasteiger partial charge in [0.2, 0.25) is 5.78 Å². The van der Waals surface area contributed by atoms with Gasteiger partial charge >= 0.3 is 0 Å². The smallest absolute Gasteiger partial charge is 0.211 e.